The summed E-state index contributed by atoms with van der Waals surface area (Å²) in [5.74, 6) is 0. The largest absolute Gasteiger partial charge is 0.282 e. The van der Waals surface area contributed by atoms with Crippen LogP contribution >= 0.6 is 15.9 Å². The van der Waals surface area contributed by atoms with Gasteiger partial charge in [-0.05, 0) is 24.5 Å². The average molecular weight is 347 g/mol. The summed E-state index contributed by atoms with van der Waals surface area (Å²) in [6.45, 7) is 2.77. The molecule has 0 spiro atoms. The predicted octanol–water partition coefficient (Wildman–Crippen LogP) is 2.61. The maximum absolute atomic E-state index is 12.5. The summed E-state index contributed by atoms with van der Waals surface area (Å²) in [7, 11) is -1.73. The van der Waals surface area contributed by atoms with Gasteiger partial charge in [-0.1, -0.05) is 41.1 Å². The summed E-state index contributed by atoms with van der Waals surface area (Å²) in [4.78, 5) is 0. The molecule has 0 amide bonds. The van der Waals surface area contributed by atoms with E-state index in [0.717, 1.165) is 22.9 Å². The Bertz CT molecular complexity index is 543. The van der Waals surface area contributed by atoms with Gasteiger partial charge >= 0.3 is 0 Å². The second kappa shape index (κ2) is 5.91. The van der Waals surface area contributed by atoms with Gasteiger partial charge in [0, 0.05) is 30.7 Å². The van der Waals surface area contributed by atoms with E-state index in [1.54, 1.807) is 11.4 Å². The summed E-state index contributed by atoms with van der Waals surface area (Å²) in [6.07, 6.45) is 1.92. The van der Waals surface area contributed by atoms with Crippen molar-refractivity contribution in [2.75, 3.05) is 13.6 Å². The maximum Gasteiger partial charge on any atom is 0.282 e. The third-order valence-corrected chi connectivity index (χ3v) is 6.21. The zero-order valence-electron chi connectivity index (χ0n) is 11.2. The molecule has 0 unspecified atom stereocenters. The van der Waals surface area contributed by atoms with Crippen LogP contribution in [0.25, 0.3) is 0 Å². The SMILES string of the molecule is CCN(C)S(=O)(=O)N(Cc1ccccc1Br)C1CC1. The van der Waals surface area contributed by atoms with E-state index >= 15 is 0 Å². The highest BCUT2D eigenvalue weighted by atomic mass is 79.9. The van der Waals surface area contributed by atoms with Crippen LogP contribution < -0.4 is 0 Å². The fraction of sp³-hybridized carbons (Fsp3) is 0.538. The Hall–Kier alpha value is -0.430. The summed E-state index contributed by atoms with van der Waals surface area (Å²) < 4.78 is 29.0. The Morgan fingerprint density at radius 2 is 1.95 bits per heavy atom. The number of rotatable bonds is 6. The van der Waals surface area contributed by atoms with Crippen LogP contribution in [0.5, 0.6) is 0 Å². The molecule has 106 valence electrons. The van der Waals surface area contributed by atoms with Crippen molar-refractivity contribution in [3.05, 3.63) is 34.3 Å². The molecule has 0 saturated heterocycles. The van der Waals surface area contributed by atoms with Crippen molar-refractivity contribution < 1.29 is 8.42 Å². The minimum absolute atomic E-state index is 0.158. The van der Waals surface area contributed by atoms with E-state index in [-0.39, 0.29) is 6.04 Å². The number of hydrogen-bond acceptors (Lipinski definition) is 2. The standard InChI is InChI=1S/C13H19BrN2O2S/c1-3-15(2)19(17,18)16(12-8-9-12)10-11-6-4-5-7-13(11)14/h4-7,12H,3,8-10H2,1-2H3. The van der Waals surface area contributed by atoms with Crippen molar-refractivity contribution in [3.63, 3.8) is 0 Å². The molecule has 1 fully saturated rings. The number of hydrogen-bond donors (Lipinski definition) is 0. The van der Waals surface area contributed by atoms with Crippen LogP contribution in [0.4, 0.5) is 0 Å². The monoisotopic (exact) mass is 346 g/mol. The lowest BCUT2D eigenvalue weighted by atomic mass is 10.2. The van der Waals surface area contributed by atoms with Crippen molar-refractivity contribution in [2.24, 2.45) is 0 Å². The molecule has 0 bridgehead atoms. The van der Waals surface area contributed by atoms with E-state index in [0.29, 0.717) is 13.1 Å². The van der Waals surface area contributed by atoms with Crippen LogP contribution in [-0.2, 0) is 16.8 Å². The molecular weight excluding hydrogens is 328 g/mol. The number of halogens is 1. The van der Waals surface area contributed by atoms with Crippen molar-refractivity contribution in [1.29, 1.82) is 0 Å². The van der Waals surface area contributed by atoms with Gasteiger partial charge in [-0.15, -0.1) is 0 Å². The van der Waals surface area contributed by atoms with Crippen LogP contribution in [0, 0.1) is 0 Å². The first-order valence-electron chi connectivity index (χ1n) is 6.43. The Kier molecular flexibility index (Phi) is 4.66. The van der Waals surface area contributed by atoms with E-state index in [9.17, 15) is 8.42 Å². The first-order valence-corrected chi connectivity index (χ1v) is 8.62. The van der Waals surface area contributed by atoms with Crippen LogP contribution in [0.15, 0.2) is 28.7 Å². The zero-order valence-corrected chi connectivity index (χ0v) is 13.6. The molecule has 0 heterocycles. The van der Waals surface area contributed by atoms with Crippen LogP contribution in [-0.4, -0.2) is 36.7 Å². The molecular formula is C13H19BrN2O2S. The third-order valence-electron chi connectivity index (χ3n) is 3.37. The molecule has 0 aromatic heterocycles. The summed E-state index contributed by atoms with van der Waals surface area (Å²) in [6, 6.07) is 7.92. The zero-order chi connectivity index (χ0) is 14.0. The van der Waals surface area contributed by atoms with Gasteiger partial charge in [-0.3, -0.25) is 0 Å². The highest BCUT2D eigenvalue weighted by Crippen LogP contribution is 2.32. The lowest BCUT2D eigenvalue weighted by Crippen LogP contribution is -2.42. The minimum Gasteiger partial charge on any atom is -0.195 e. The highest BCUT2D eigenvalue weighted by molar-refractivity contribution is 9.10. The molecule has 0 radical (unpaired) electrons. The van der Waals surface area contributed by atoms with E-state index < -0.39 is 10.2 Å². The van der Waals surface area contributed by atoms with Crippen molar-refractivity contribution in [1.82, 2.24) is 8.61 Å². The number of benzene rings is 1. The van der Waals surface area contributed by atoms with Crippen molar-refractivity contribution >= 4 is 26.1 Å². The molecule has 6 heteroatoms. The van der Waals surface area contributed by atoms with Crippen LogP contribution in [0.2, 0.25) is 0 Å². The van der Waals surface area contributed by atoms with Crippen LogP contribution in [0.1, 0.15) is 25.3 Å². The van der Waals surface area contributed by atoms with Crippen molar-refractivity contribution in [2.45, 2.75) is 32.4 Å². The lowest BCUT2D eigenvalue weighted by molar-refractivity contribution is 0.352. The van der Waals surface area contributed by atoms with Gasteiger partial charge in [0.1, 0.15) is 0 Å². The van der Waals surface area contributed by atoms with Gasteiger partial charge in [0.15, 0.2) is 0 Å². The second-order valence-corrected chi connectivity index (χ2v) is 7.63. The molecule has 1 saturated carbocycles. The topological polar surface area (TPSA) is 40.6 Å². The molecule has 0 N–H and O–H groups in total. The third kappa shape index (κ3) is 3.37. The maximum atomic E-state index is 12.5. The molecule has 19 heavy (non-hydrogen) atoms. The molecule has 2 rings (SSSR count). The Morgan fingerprint density at radius 3 is 2.47 bits per heavy atom. The van der Waals surface area contributed by atoms with Gasteiger partial charge in [0.05, 0.1) is 0 Å². The highest BCUT2D eigenvalue weighted by Gasteiger charge is 2.39. The minimum atomic E-state index is -3.36. The Balaban J connectivity index is 2.25. The molecule has 0 aliphatic heterocycles. The lowest BCUT2D eigenvalue weighted by Gasteiger charge is -2.27. The van der Waals surface area contributed by atoms with Gasteiger partial charge in [0.2, 0.25) is 0 Å². The second-order valence-electron chi connectivity index (χ2n) is 4.79. The van der Waals surface area contributed by atoms with E-state index in [1.807, 2.05) is 31.2 Å². The van der Waals surface area contributed by atoms with Gasteiger partial charge in [0.25, 0.3) is 10.2 Å². The Morgan fingerprint density at radius 1 is 1.32 bits per heavy atom. The van der Waals surface area contributed by atoms with Gasteiger partial charge in [-0.25, -0.2) is 0 Å². The Labute approximate surface area is 123 Å². The quantitative estimate of drug-likeness (QED) is 0.794. The molecule has 1 aromatic carbocycles. The fourth-order valence-electron chi connectivity index (χ4n) is 1.90. The summed E-state index contributed by atoms with van der Waals surface area (Å²) >= 11 is 3.48. The van der Waals surface area contributed by atoms with E-state index in [1.165, 1.54) is 4.31 Å². The average Bonchev–Trinajstić information content (AvgIpc) is 3.20. The smallest absolute Gasteiger partial charge is 0.195 e. The van der Waals surface area contributed by atoms with Crippen molar-refractivity contribution in [3.8, 4) is 0 Å². The molecule has 1 aromatic rings. The van der Waals surface area contributed by atoms with Crippen LogP contribution in [0.3, 0.4) is 0 Å². The predicted molar refractivity (Wildman–Crippen MR) is 79.9 cm³/mol. The summed E-state index contributed by atoms with van der Waals surface area (Å²) in [5.41, 5.74) is 1.00. The normalized spacial score (nSPS) is 16.3. The van der Waals surface area contributed by atoms with Gasteiger partial charge < -0.3 is 0 Å². The molecule has 4 nitrogen and oxygen atoms in total. The molecule has 0 atom stereocenters. The first kappa shape index (κ1) is 15.0. The van der Waals surface area contributed by atoms with E-state index in [2.05, 4.69) is 15.9 Å². The van der Waals surface area contributed by atoms with E-state index in [4.69, 9.17) is 0 Å². The fourth-order valence-corrected chi connectivity index (χ4v) is 3.88. The number of nitrogens with zero attached hydrogens (tertiary/aromatic N) is 2. The van der Waals surface area contributed by atoms with Gasteiger partial charge in [-0.2, -0.15) is 17.0 Å². The molecule has 1 aliphatic rings. The first-order chi connectivity index (χ1) is 8.96. The molecule has 1 aliphatic carbocycles. The summed E-state index contributed by atoms with van der Waals surface area (Å²) in [5, 5.41) is 0.